The smallest absolute Gasteiger partial charge is 0.119 e. The first kappa shape index (κ1) is 10.6. The molecule has 2 nitrogen and oxygen atoms in total. The summed E-state index contributed by atoms with van der Waals surface area (Å²) in [6, 6.07) is 3.83. The summed E-state index contributed by atoms with van der Waals surface area (Å²) in [5.41, 5.74) is 0.984. The molecule has 82 valence electrons. The predicted octanol–water partition coefficient (Wildman–Crippen LogP) is 2.10. The van der Waals surface area contributed by atoms with Gasteiger partial charge in [-0.05, 0) is 31.0 Å². The van der Waals surface area contributed by atoms with Gasteiger partial charge in [-0.3, -0.25) is 4.98 Å². The molecule has 0 amide bonds. The van der Waals surface area contributed by atoms with Crippen LogP contribution in [0.25, 0.3) is 0 Å². The second-order valence-corrected chi connectivity index (χ2v) is 4.14. The fourth-order valence-corrected chi connectivity index (χ4v) is 2.07. The Morgan fingerprint density at radius 2 is 2.47 bits per heavy atom. The SMILES string of the molecule is FC(Cc1cccnc1)C1CCCCN1. The van der Waals surface area contributed by atoms with Crippen LogP contribution in [0.1, 0.15) is 24.8 Å². The Kier molecular flexibility index (Phi) is 3.67. The first-order chi connectivity index (χ1) is 7.36. The molecule has 0 radical (unpaired) electrons. The molecule has 2 rings (SSSR count). The van der Waals surface area contributed by atoms with Crippen molar-refractivity contribution in [3.8, 4) is 0 Å². The largest absolute Gasteiger partial charge is 0.311 e. The highest BCUT2D eigenvalue weighted by atomic mass is 19.1. The fourth-order valence-electron chi connectivity index (χ4n) is 2.07. The number of halogens is 1. The van der Waals surface area contributed by atoms with Gasteiger partial charge >= 0.3 is 0 Å². The molecule has 0 aromatic carbocycles. The van der Waals surface area contributed by atoms with Gasteiger partial charge < -0.3 is 5.32 Å². The molecule has 0 aliphatic carbocycles. The van der Waals surface area contributed by atoms with Gasteiger partial charge in [-0.1, -0.05) is 12.5 Å². The van der Waals surface area contributed by atoms with Crippen molar-refractivity contribution in [1.82, 2.24) is 10.3 Å². The minimum absolute atomic E-state index is 0.0407. The van der Waals surface area contributed by atoms with Crippen molar-refractivity contribution in [2.45, 2.75) is 37.9 Å². The van der Waals surface area contributed by atoms with Crippen LogP contribution < -0.4 is 5.32 Å². The van der Waals surface area contributed by atoms with Crippen LogP contribution in [-0.4, -0.2) is 23.7 Å². The van der Waals surface area contributed by atoms with E-state index in [1.807, 2.05) is 12.1 Å². The van der Waals surface area contributed by atoms with E-state index in [9.17, 15) is 4.39 Å². The summed E-state index contributed by atoms with van der Waals surface area (Å²) in [6.45, 7) is 0.956. The summed E-state index contributed by atoms with van der Waals surface area (Å²) in [7, 11) is 0. The molecule has 2 atom stereocenters. The second kappa shape index (κ2) is 5.21. The molecular weight excluding hydrogens is 191 g/mol. The van der Waals surface area contributed by atoms with Gasteiger partial charge in [0.05, 0.1) is 0 Å². The van der Waals surface area contributed by atoms with E-state index in [4.69, 9.17) is 0 Å². The standard InChI is InChI=1S/C12H17FN2/c13-11(12-5-1-2-7-15-12)8-10-4-3-6-14-9-10/h3-4,6,9,11-12,15H,1-2,5,7-8H2. The summed E-state index contributed by atoms with van der Waals surface area (Å²) in [5, 5.41) is 3.24. The molecule has 0 bridgehead atoms. The number of hydrogen-bond donors (Lipinski definition) is 1. The lowest BCUT2D eigenvalue weighted by Gasteiger charge is -2.26. The average molecular weight is 208 g/mol. The van der Waals surface area contributed by atoms with Crippen LogP contribution in [0.4, 0.5) is 4.39 Å². The first-order valence-electron chi connectivity index (χ1n) is 5.62. The number of hydrogen-bond acceptors (Lipinski definition) is 2. The Labute approximate surface area is 89.9 Å². The van der Waals surface area contributed by atoms with Gasteiger partial charge in [-0.15, -0.1) is 0 Å². The second-order valence-electron chi connectivity index (χ2n) is 4.14. The number of nitrogens with zero attached hydrogens (tertiary/aromatic N) is 1. The van der Waals surface area contributed by atoms with E-state index in [2.05, 4.69) is 10.3 Å². The van der Waals surface area contributed by atoms with Crippen LogP contribution in [0.5, 0.6) is 0 Å². The van der Waals surface area contributed by atoms with Crippen LogP contribution in [0.3, 0.4) is 0 Å². The Balaban J connectivity index is 1.88. The maximum atomic E-state index is 13.9. The van der Waals surface area contributed by atoms with E-state index in [-0.39, 0.29) is 6.04 Å². The van der Waals surface area contributed by atoms with Crippen LogP contribution >= 0.6 is 0 Å². The quantitative estimate of drug-likeness (QED) is 0.823. The lowest BCUT2D eigenvalue weighted by molar-refractivity contribution is 0.217. The lowest BCUT2D eigenvalue weighted by atomic mass is 9.97. The van der Waals surface area contributed by atoms with Gasteiger partial charge in [-0.2, -0.15) is 0 Å². The molecule has 2 unspecified atom stereocenters. The third-order valence-electron chi connectivity index (χ3n) is 2.94. The van der Waals surface area contributed by atoms with Gasteiger partial charge in [0.15, 0.2) is 0 Å². The van der Waals surface area contributed by atoms with Gasteiger partial charge in [-0.25, -0.2) is 4.39 Å². The molecule has 1 fully saturated rings. The highest BCUT2D eigenvalue weighted by Crippen LogP contribution is 2.16. The minimum Gasteiger partial charge on any atom is -0.311 e. The Bertz CT molecular complexity index is 283. The van der Waals surface area contributed by atoms with E-state index < -0.39 is 6.17 Å². The maximum Gasteiger partial charge on any atom is 0.119 e. The van der Waals surface area contributed by atoms with E-state index in [0.717, 1.165) is 24.9 Å². The number of alkyl halides is 1. The van der Waals surface area contributed by atoms with Crippen molar-refractivity contribution in [2.75, 3.05) is 6.54 Å². The topological polar surface area (TPSA) is 24.9 Å². The van der Waals surface area contributed by atoms with Crippen molar-refractivity contribution >= 4 is 0 Å². The summed E-state index contributed by atoms with van der Waals surface area (Å²) >= 11 is 0. The summed E-state index contributed by atoms with van der Waals surface area (Å²) in [4.78, 5) is 4.00. The number of rotatable bonds is 3. The molecule has 1 saturated heterocycles. The number of piperidine rings is 1. The zero-order valence-electron chi connectivity index (χ0n) is 8.82. The van der Waals surface area contributed by atoms with E-state index in [1.165, 1.54) is 6.42 Å². The Hall–Kier alpha value is -0.960. The molecular formula is C12H17FN2. The fraction of sp³-hybridized carbons (Fsp3) is 0.583. The number of nitrogens with one attached hydrogen (secondary N) is 1. The monoisotopic (exact) mass is 208 g/mol. The summed E-state index contributed by atoms with van der Waals surface area (Å²) < 4.78 is 13.9. The summed E-state index contributed by atoms with van der Waals surface area (Å²) in [6.07, 6.45) is 6.44. The molecule has 1 aliphatic rings. The van der Waals surface area contributed by atoms with Gasteiger partial charge in [0.25, 0.3) is 0 Å². The molecule has 2 heterocycles. The number of pyridine rings is 1. The Morgan fingerprint density at radius 1 is 1.53 bits per heavy atom. The first-order valence-corrected chi connectivity index (χ1v) is 5.62. The van der Waals surface area contributed by atoms with Crippen LogP contribution in [0.2, 0.25) is 0 Å². The molecule has 15 heavy (non-hydrogen) atoms. The van der Waals surface area contributed by atoms with Crippen LogP contribution in [-0.2, 0) is 6.42 Å². The zero-order chi connectivity index (χ0) is 10.5. The van der Waals surface area contributed by atoms with Gasteiger partial charge in [0, 0.05) is 24.9 Å². The zero-order valence-corrected chi connectivity index (χ0v) is 8.82. The van der Waals surface area contributed by atoms with E-state index >= 15 is 0 Å². The minimum atomic E-state index is -0.783. The average Bonchev–Trinajstić information content (AvgIpc) is 2.31. The third kappa shape index (κ3) is 2.99. The van der Waals surface area contributed by atoms with Crippen molar-refractivity contribution in [2.24, 2.45) is 0 Å². The van der Waals surface area contributed by atoms with Gasteiger partial charge in [0.1, 0.15) is 6.17 Å². The highest BCUT2D eigenvalue weighted by molar-refractivity contribution is 5.10. The third-order valence-corrected chi connectivity index (χ3v) is 2.94. The van der Waals surface area contributed by atoms with Crippen molar-refractivity contribution < 1.29 is 4.39 Å². The molecule has 0 spiro atoms. The molecule has 0 saturated carbocycles. The van der Waals surface area contributed by atoms with E-state index in [0.29, 0.717) is 6.42 Å². The van der Waals surface area contributed by atoms with Crippen molar-refractivity contribution in [3.63, 3.8) is 0 Å². The lowest BCUT2D eigenvalue weighted by Crippen LogP contribution is -2.42. The van der Waals surface area contributed by atoms with Crippen molar-refractivity contribution in [1.29, 1.82) is 0 Å². The molecule has 1 aromatic rings. The molecule has 1 aliphatic heterocycles. The number of aromatic nitrogens is 1. The molecule has 1 aromatic heterocycles. The maximum absolute atomic E-state index is 13.9. The summed E-state index contributed by atoms with van der Waals surface area (Å²) in [5.74, 6) is 0. The molecule has 1 N–H and O–H groups in total. The van der Waals surface area contributed by atoms with E-state index in [1.54, 1.807) is 12.4 Å². The van der Waals surface area contributed by atoms with Gasteiger partial charge in [0.2, 0.25) is 0 Å². The van der Waals surface area contributed by atoms with Crippen LogP contribution in [0.15, 0.2) is 24.5 Å². The highest BCUT2D eigenvalue weighted by Gasteiger charge is 2.22. The predicted molar refractivity (Wildman–Crippen MR) is 58.5 cm³/mol. The van der Waals surface area contributed by atoms with Crippen molar-refractivity contribution in [3.05, 3.63) is 30.1 Å². The molecule has 3 heteroatoms. The Morgan fingerprint density at radius 3 is 3.13 bits per heavy atom. The normalized spacial score (nSPS) is 23.7. The van der Waals surface area contributed by atoms with Crippen LogP contribution in [0, 0.1) is 0 Å².